The van der Waals surface area contributed by atoms with E-state index < -0.39 is 37.2 Å². The fraction of sp³-hybridized carbons (Fsp3) is 0.538. The molecule has 3 N–H and O–H groups in total. The van der Waals surface area contributed by atoms with Crippen molar-refractivity contribution in [1.29, 1.82) is 0 Å². The summed E-state index contributed by atoms with van der Waals surface area (Å²) in [5, 5.41) is 31.1. The van der Waals surface area contributed by atoms with E-state index in [2.05, 4.69) is 18.2 Å². The Kier molecular flexibility index (Phi) is 6.40. The second-order valence-electron chi connectivity index (χ2n) is 9.68. The topological polar surface area (TPSA) is 79.2 Å². The van der Waals surface area contributed by atoms with Gasteiger partial charge >= 0.3 is 0 Å². The lowest BCUT2D eigenvalue weighted by Gasteiger charge is -2.40. The molecular weight excluding hydrogens is 447 g/mol. The van der Waals surface area contributed by atoms with Crippen molar-refractivity contribution in [1.82, 2.24) is 0 Å². The van der Waals surface area contributed by atoms with Gasteiger partial charge in [0, 0.05) is 5.02 Å². The molecule has 0 radical (unpaired) electrons. The summed E-state index contributed by atoms with van der Waals surface area (Å²) in [5.41, 5.74) is 3.76. The fourth-order valence-corrected chi connectivity index (χ4v) is 5.72. The molecule has 1 saturated heterocycles. The fourth-order valence-electron chi connectivity index (χ4n) is 5.54. The third kappa shape index (κ3) is 4.40. The molecule has 3 aliphatic rings. The third-order valence-corrected chi connectivity index (χ3v) is 7.84. The van der Waals surface area contributed by atoms with Crippen molar-refractivity contribution in [3.8, 4) is 5.75 Å². The van der Waals surface area contributed by atoms with Gasteiger partial charge in [0.2, 0.25) is 0 Å². The molecule has 1 spiro atoms. The van der Waals surface area contributed by atoms with Crippen LogP contribution in [0.15, 0.2) is 36.4 Å². The first kappa shape index (κ1) is 23.1. The summed E-state index contributed by atoms with van der Waals surface area (Å²) in [6, 6.07) is 11.5. The predicted molar refractivity (Wildman–Crippen MR) is 122 cm³/mol. The highest BCUT2D eigenvalue weighted by Gasteiger charge is 2.44. The summed E-state index contributed by atoms with van der Waals surface area (Å²) in [6.45, 7) is -0.958. The number of aryl methyl sites for hydroxylation is 1. The molecule has 33 heavy (non-hydrogen) atoms. The Morgan fingerprint density at radius 2 is 1.76 bits per heavy atom. The first-order valence-electron chi connectivity index (χ1n) is 11.7. The van der Waals surface area contributed by atoms with Crippen LogP contribution in [-0.2, 0) is 17.6 Å². The van der Waals surface area contributed by atoms with E-state index in [0.717, 1.165) is 42.6 Å². The molecule has 2 aromatic rings. The van der Waals surface area contributed by atoms with Crippen LogP contribution in [0, 0.1) is 0 Å². The monoisotopic (exact) mass is 476 g/mol. The number of hydrogen-bond donors (Lipinski definition) is 3. The van der Waals surface area contributed by atoms with Gasteiger partial charge in [-0.25, -0.2) is 4.39 Å². The molecule has 2 aliphatic heterocycles. The molecule has 2 aromatic carbocycles. The summed E-state index contributed by atoms with van der Waals surface area (Å²) in [6.07, 6.45) is 0.892. The van der Waals surface area contributed by atoms with Gasteiger partial charge in [0.15, 0.2) is 0 Å². The van der Waals surface area contributed by atoms with E-state index in [-0.39, 0.29) is 5.60 Å². The Morgan fingerprint density at radius 3 is 2.52 bits per heavy atom. The zero-order valence-electron chi connectivity index (χ0n) is 18.4. The molecule has 2 heterocycles. The SMILES string of the molecule is O[C@@H]1[C@@H](O)[C@H](c2ccc(Cl)c(Cc3ccc4c(c3)CCC3(CCCC3)O4)c2)O[C@H](CF)[C@H]1O. The van der Waals surface area contributed by atoms with Crippen molar-refractivity contribution < 1.29 is 29.2 Å². The van der Waals surface area contributed by atoms with E-state index >= 15 is 0 Å². The summed E-state index contributed by atoms with van der Waals surface area (Å²) in [7, 11) is 0. The summed E-state index contributed by atoms with van der Waals surface area (Å²) in [5.74, 6) is 0.982. The third-order valence-electron chi connectivity index (χ3n) is 7.47. The number of rotatable bonds is 4. The molecule has 0 aromatic heterocycles. The second-order valence-corrected chi connectivity index (χ2v) is 10.1. The summed E-state index contributed by atoms with van der Waals surface area (Å²) in [4.78, 5) is 0. The standard InChI is InChI=1S/C26H30ClFO5/c27-19-5-4-17(25-24(31)23(30)22(29)21(14-28)32-25)13-18(19)12-15-3-6-20-16(11-15)7-10-26(33-20)8-1-2-9-26/h3-6,11,13,21-25,29-31H,1-2,7-10,12,14H2/t21-,22-,23+,24-,25+/m1/s1. The zero-order chi connectivity index (χ0) is 23.2. The Bertz CT molecular complexity index is 1010. The Labute approximate surface area is 198 Å². The van der Waals surface area contributed by atoms with Gasteiger partial charge in [0.1, 0.15) is 48.5 Å². The number of ether oxygens (including phenoxy) is 2. The molecule has 0 bridgehead atoms. The van der Waals surface area contributed by atoms with Crippen molar-refractivity contribution >= 4 is 11.6 Å². The van der Waals surface area contributed by atoms with Crippen LogP contribution in [0.1, 0.15) is 60.5 Å². The van der Waals surface area contributed by atoms with Crippen molar-refractivity contribution in [2.75, 3.05) is 6.67 Å². The van der Waals surface area contributed by atoms with E-state index in [9.17, 15) is 19.7 Å². The Morgan fingerprint density at radius 1 is 0.970 bits per heavy atom. The van der Waals surface area contributed by atoms with E-state index in [1.165, 1.54) is 18.4 Å². The smallest absolute Gasteiger partial charge is 0.123 e. The minimum absolute atomic E-state index is 0.0304. The largest absolute Gasteiger partial charge is 0.487 e. The van der Waals surface area contributed by atoms with E-state index in [4.69, 9.17) is 21.1 Å². The van der Waals surface area contributed by atoms with Crippen LogP contribution in [0.25, 0.3) is 0 Å². The van der Waals surface area contributed by atoms with Crippen LogP contribution in [0.5, 0.6) is 5.75 Å². The minimum Gasteiger partial charge on any atom is -0.487 e. The average Bonchev–Trinajstić information content (AvgIpc) is 3.27. The molecule has 0 unspecified atom stereocenters. The van der Waals surface area contributed by atoms with Gasteiger partial charge in [-0.1, -0.05) is 35.9 Å². The maximum atomic E-state index is 13.3. The van der Waals surface area contributed by atoms with Crippen molar-refractivity contribution in [3.63, 3.8) is 0 Å². The summed E-state index contributed by atoms with van der Waals surface area (Å²) < 4.78 is 25.3. The number of alkyl halides is 1. The molecule has 5 rings (SSSR count). The first-order chi connectivity index (χ1) is 15.9. The lowest BCUT2D eigenvalue weighted by atomic mass is 9.88. The molecule has 1 saturated carbocycles. The second kappa shape index (κ2) is 9.16. The lowest BCUT2D eigenvalue weighted by molar-refractivity contribution is -0.227. The highest BCUT2D eigenvalue weighted by molar-refractivity contribution is 6.31. The number of aliphatic hydroxyl groups excluding tert-OH is 3. The van der Waals surface area contributed by atoms with Gasteiger partial charge in [-0.15, -0.1) is 0 Å². The highest BCUT2D eigenvalue weighted by atomic mass is 35.5. The van der Waals surface area contributed by atoms with E-state index in [1.54, 1.807) is 12.1 Å². The van der Waals surface area contributed by atoms with Gasteiger partial charge in [-0.3, -0.25) is 0 Å². The van der Waals surface area contributed by atoms with E-state index in [0.29, 0.717) is 17.0 Å². The molecule has 2 fully saturated rings. The molecule has 5 nitrogen and oxygen atoms in total. The highest BCUT2D eigenvalue weighted by Crippen LogP contribution is 2.43. The Hall–Kier alpha value is -1.70. The maximum absolute atomic E-state index is 13.3. The minimum atomic E-state index is -1.49. The van der Waals surface area contributed by atoms with Gasteiger partial charge in [0.25, 0.3) is 0 Å². The first-order valence-corrected chi connectivity index (χ1v) is 12.1. The van der Waals surface area contributed by atoms with Crippen LogP contribution < -0.4 is 4.74 Å². The molecule has 0 amide bonds. The molecule has 1 aliphatic carbocycles. The molecular formula is C26H30ClFO5. The predicted octanol–water partition coefficient (Wildman–Crippen LogP) is 4.06. The van der Waals surface area contributed by atoms with Gasteiger partial charge in [-0.2, -0.15) is 0 Å². The van der Waals surface area contributed by atoms with Crippen LogP contribution >= 0.6 is 11.6 Å². The molecule has 7 heteroatoms. The van der Waals surface area contributed by atoms with Crippen molar-refractivity contribution in [3.05, 3.63) is 63.7 Å². The maximum Gasteiger partial charge on any atom is 0.123 e. The summed E-state index contributed by atoms with van der Waals surface area (Å²) >= 11 is 6.48. The van der Waals surface area contributed by atoms with Gasteiger partial charge in [0.05, 0.1) is 0 Å². The van der Waals surface area contributed by atoms with Gasteiger partial charge < -0.3 is 24.8 Å². The number of fused-ring (bicyclic) bond motifs is 1. The lowest BCUT2D eigenvalue weighted by Crippen LogP contribution is -2.54. The normalized spacial score (nSPS) is 30.8. The number of aliphatic hydroxyl groups is 3. The average molecular weight is 477 g/mol. The van der Waals surface area contributed by atoms with Crippen molar-refractivity contribution in [2.24, 2.45) is 0 Å². The number of halogens is 2. The molecule has 5 atom stereocenters. The van der Waals surface area contributed by atoms with Gasteiger partial charge in [-0.05, 0) is 79.3 Å². The van der Waals surface area contributed by atoms with Crippen LogP contribution in [0.4, 0.5) is 4.39 Å². The molecule has 178 valence electrons. The quantitative estimate of drug-likeness (QED) is 0.620. The van der Waals surface area contributed by atoms with Crippen LogP contribution in [-0.4, -0.2) is 52.0 Å². The Balaban J connectivity index is 1.36. The van der Waals surface area contributed by atoms with Crippen molar-refractivity contribution in [2.45, 2.75) is 81.1 Å². The van der Waals surface area contributed by atoms with Crippen LogP contribution in [0.2, 0.25) is 5.02 Å². The number of hydrogen-bond acceptors (Lipinski definition) is 5. The van der Waals surface area contributed by atoms with E-state index in [1.807, 2.05) is 6.07 Å². The zero-order valence-corrected chi connectivity index (χ0v) is 19.2. The number of benzene rings is 2. The van der Waals surface area contributed by atoms with Crippen LogP contribution in [0.3, 0.4) is 0 Å².